The SMILES string of the molecule is COC(=O)c1ccc(Br)c(OC(C)C2CCC(NC(=O)OC(C)(C)C)CC2)c1. The van der Waals surface area contributed by atoms with E-state index in [0.29, 0.717) is 17.2 Å². The van der Waals surface area contributed by atoms with Crippen LogP contribution in [0.2, 0.25) is 0 Å². The van der Waals surface area contributed by atoms with Gasteiger partial charge in [0.25, 0.3) is 0 Å². The number of ether oxygens (including phenoxy) is 3. The first-order valence-corrected chi connectivity index (χ1v) is 10.4. The van der Waals surface area contributed by atoms with Gasteiger partial charge in [-0.2, -0.15) is 0 Å². The van der Waals surface area contributed by atoms with Crippen molar-refractivity contribution in [1.29, 1.82) is 0 Å². The van der Waals surface area contributed by atoms with E-state index < -0.39 is 11.6 Å². The zero-order chi connectivity index (χ0) is 20.9. The summed E-state index contributed by atoms with van der Waals surface area (Å²) >= 11 is 3.48. The summed E-state index contributed by atoms with van der Waals surface area (Å²) in [5.74, 6) is 0.619. The molecule has 1 aromatic carbocycles. The molecular weight excluding hydrogens is 426 g/mol. The van der Waals surface area contributed by atoms with Gasteiger partial charge >= 0.3 is 12.1 Å². The minimum atomic E-state index is -0.490. The standard InChI is InChI=1S/C21H30BrNO5/c1-13(27-18-12-15(19(24)26-5)8-11-17(18)22)14-6-9-16(10-7-14)23-20(25)28-21(2,3)4/h8,11-14,16H,6-7,9-10H2,1-5H3,(H,23,25). The summed E-state index contributed by atoms with van der Waals surface area (Å²) in [6.45, 7) is 7.62. The first kappa shape index (κ1) is 22.5. The first-order chi connectivity index (χ1) is 13.1. The zero-order valence-corrected chi connectivity index (χ0v) is 18.8. The molecule has 0 aromatic heterocycles. The normalized spacial score (nSPS) is 20.8. The molecule has 0 bridgehead atoms. The Balaban J connectivity index is 1.88. The Kier molecular flexibility index (Phi) is 7.75. The van der Waals surface area contributed by atoms with Gasteiger partial charge < -0.3 is 19.5 Å². The summed E-state index contributed by atoms with van der Waals surface area (Å²) in [5, 5.41) is 2.96. The molecule has 1 saturated carbocycles. The lowest BCUT2D eigenvalue weighted by atomic mass is 9.83. The zero-order valence-electron chi connectivity index (χ0n) is 17.2. The monoisotopic (exact) mass is 455 g/mol. The first-order valence-electron chi connectivity index (χ1n) is 9.63. The molecule has 1 N–H and O–H groups in total. The van der Waals surface area contributed by atoms with Crippen molar-refractivity contribution in [2.24, 2.45) is 5.92 Å². The number of hydrogen-bond acceptors (Lipinski definition) is 5. The van der Waals surface area contributed by atoms with E-state index in [1.165, 1.54) is 7.11 Å². The van der Waals surface area contributed by atoms with Crippen molar-refractivity contribution in [3.63, 3.8) is 0 Å². The van der Waals surface area contributed by atoms with Crippen LogP contribution in [0, 0.1) is 5.92 Å². The number of amides is 1. The smallest absolute Gasteiger partial charge is 0.407 e. The molecule has 2 rings (SSSR count). The van der Waals surface area contributed by atoms with Crippen LogP contribution in [-0.2, 0) is 9.47 Å². The molecule has 0 saturated heterocycles. The van der Waals surface area contributed by atoms with E-state index in [0.717, 1.165) is 30.2 Å². The van der Waals surface area contributed by atoms with Gasteiger partial charge in [0.1, 0.15) is 11.4 Å². The predicted molar refractivity (Wildman–Crippen MR) is 111 cm³/mol. The van der Waals surface area contributed by atoms with Crippen molar-refractivity contribution in [3.8, 4) is 5.75 Å². The number of hydrogen-bond donors (Lipinski definition) is 1. The average molecular weight is 456 g/mol. The Morgan fingerprint density at radius 3 is 2.39 bits per heavy atom. The molecule has 6 nitrogen and oxygen atoms in total. The fourth-order valence-electron chi connectivity index (χ4n) is 3.34. The number of esters is 1. The van der Waals surface area contributed by atoms with Gasteiger partial charge in [0.15, 0.2) is 0 Å². The van der Waals surface area contributed by atoms with Gasteiger partial charge in [-0.15, -0.1) is 0 Å². The largest absolute Gasteiger partial charge is 0.489 e. The molecule has 7 heteroatoms. The maximum Gasteiger partial charge on any atom is 0.407 e. The molecule has 1 aliphatic carbocycles. The van der Waals surface area contributed by atoms with Crippen molar-refractivity contribution in [2.75, 3.05) is 7.11 Å². The van der Waals surface area contributed by atoms with Crippen LogP contribution < -0.4 is 10.1 Å². The fourth-order valence-corrected chi connectivity index (χ4v) is 3.68. The lowest BCUT2D eigenvalue weighted by Gasteiger charge is -2.33. The molecular formula is C21H30BrNO5. The number of methoxy groups -OCH3 is 1. The molecule has 1 unspecified atom stereocenters. The topological polar surface area (TPSA) is 73.9 Å². The summed E-state index contributed by atoms with van der Waals surface area (Å²) < 4.78 is 17.0. The number of rotatable bonds is 5. The van der Waals surface area contributed by atoms with E-state index in [9.17, 15) is 9.59 Å². The lowest BCUT2D eigenvalue weighted by molar-refractivity contribution is 0.0469. The summed E-state index contributed by atoms with van der Waals surface area (Å²) in [6, 6.07) is 5.31. The highest BCUT2D eigenvalue weighted by Gasteiger charge is 2.28. The quantitative estimate of drug-likeness (QED) is 0.625. The van der Waals surface area contributed by atoms with Crippen LogP contribution in [0.5, 0.6) is 5.75 Å². The third-order valence-electron chi connectivity index (χ3n) is 4.82. The van der Waals surface area contributed by atoms with Gasteiger partial charge in [0.2, 0.25) is 0 Å². The van der Waals surface area contributed by atoms with Gasteiger partial charge in [-0.1, -0.05) is 0 Å². The van der Waals surface area contributed by atoms with E-state index in [-0.39, 0.29) is 18.2 Å². The van der Waals surface area contributed by atoms with Gasteiger partial charge in [-0.3, -0.25) is 0 Å². The second-order valence-electron chi connectivity index (χ2n) is 8.22. The minimum Gasteiger partial charge on any atom is -0.489 e. The number of halogens is 1. The van der Waals surface area contributed by atoms with Crippen LogP contribution in [0.25, 0.3) is 0 Å². The van der Waals surface area contributed by atoms with Crippen molar-refractivity contribution in [3.05, 3.63) is 28.2 Å². The second kappa shape index (κ2) is 9.63. The summed E-state index contributed by atoms with van der Waals surface area (Å²) in [6.07, 6.45) is 3.32. The molecule has 0 aliphatic heterocycles. The Morgan fingerprint density at radius 2 is 1.82 bits per heavy atom. The highest BCUT2D eigenvalue weighted by atomic mass is 79.9. The van der Waals surface area contributed by atoms with Crippen LogP contribution in [0.15, 0.2) is 22.7 Å². The average Bonchev–Trinajstić information content (AvgIpc) is 2.61. The van der Waals surface area contributed by atoms with Crippen molar-refractivity contribution in [1.82, 2.24) is 5.32 Å². The number of benzene rings is 1. The molecule has 1 atom stereocenters. The third kappa shape index (κ3) is 6.69. The van der Waals surface area contributed by atoms with Gasteiger partial charge in [-0.25, -0.2) is 9.59 Å². The maximum absolute atomic E-state index is 11.9. The van der Waals surface area contributed by atoms with E-state index in [1.54, 1.807) is 18.2 Å². The third-order valence-corrected chi connectivity index (χ3v) is 5.48. The molecule has 0 spiro atoms. The molecule has 156 valence electrons. The Labute approximate surface area is 175 Å². The molecule has 1 fully saturated rings. The van der Waals surface area contributed by atoms with Gasteiger partial charge in [0.05, 0.1) is 23.2 Å². The molecule has 1 aliphatic rings. The van der Waals surface area contributed by atoms with Crippen molar-refractivity contribution >= 4 is 28.0 Å². The van der Waals surface area contributed by atoms with E-state index in [1.807, 2.05) is 27.7 Å². The van der Waals surface area contributed by atoms with Crippen LogP contribution in [0.3, 0.4) is 0 Å². The minimum absolute atomic E-state index is 0.00771. The summed E-state index contributed by atoms with van der Waals surface area (Å²) in [4.78, 5) is 23.7. The summed E-state index contributed by atoms with van der Waals surface area (Å²) in [7, 11) is 1.36. The lowest BCUT2D eigenvalue weighted by Crippen LogP contribution is -2.42. The van der Waals surface area contributed by atoms with Crippen molar-refractivity contribution < 1.29 is 23.8 Å². The molecule has 28 heavy (non-hydrogen) atoms. The van der Waals surface area contributed by atoms with E-state index >= 15 is 0 Å². The van der Waals surface area contributed by atoms with Crippen LogP contribution >= 0.6 is 15.9 Å². The predicted octanol–water partition coefficient (Wildman–Crippen LogP) is 5.09. The van der Waals surface area contributed by atoms with Crippen molar-refractivity contribution in [2.45, 2.75) is 71.1 Å². The highest BCUT2D eigenvalue weighted by Crippen LogP contribution is 2.33. The molecule has 1 aromatic rings. The molecule has 0 heterocycles. The van der Waals surface area contributed by atoms with Crippen LogP contribution in [0.1, 0.15) is 63.7 Å². The van der Waals surface area contributed by atoms with Crippen LogP contribution in [0.4, 0.5) is 4.79 Å². The number of carbonyl (C=O) groups excluding carboxylic acids is 2. The maximum atomic E-state index is 11.9. The summed E-state index contributed by atoms with van der Waals surface area (Å²) in [5.41, 5.74) is -0.0337. The Hall–Kier alpha value is -1.76. The van der Waals surface area contributed by atoms with E-state index in [4.69, 9.17) is 14.2 Å². The molecule has 0 radical (unpaired) electrons. The Bertz CT molecular complexity index is 693. The number of carbonyl (C=O) groups is 2. The Morgan fingerprint density at radius 1 is 1.18 bits per heavy atom. The molecule has 1 amide bonds. The number of nitrogens with one attached hydrogen (secondary N) is 1. The highest BCUT2D eigenvalue weighted by molar-refractivity contribution is 9.10. The van der Waals surface area contributed by atoms with E-state index in [2.05, 4.69) is 21.2 Å². The van der Waals surface area contributed by atoms with Crippen LogP contribution in [-0.4, -0.2) is 36.9 Å². The second-order valence-corrected chi connectivity index (χ2v) is 9.07. The number of alkyl carbamates (subject to hydrolysis) is 1. The fraction of sp³-hybridized carbons (Fsp3) is 0.619. The van der Waals surface area contributed by atoms with Gasteiger partial charge in [0, 0.05) is 6.04 Å². The van der Waals surface area contributed by atoms with Gasteiger partial charge in [-0.05, 0) is 93.4 Å².